The number of rotatable bonds is 5. The molecule has 6 nitrogen and oxygen atoms in total. The molecule has 0 N–H and O–H groups in total. The molecule has 2 heterocycles. The number of hydrogen-bond acceptors (Lipinski definition) is 5. The summed E-state index contributed by atoms with van der Waals surface area (Å²) in [5.74, 6) is 2.62. The van der Waals surface area contributed by atoms with Crippen LogP contribution in [0.5, 0.6) is 5.75 Å². The summed E-state index contributed by atoms with van der Waals surface area (Å²) in [5.41, 5.74) is 1.96. The van der Waals surface area contributed by atoms with Crippen LogP contribution in [0.1, 0.15) is 22.9 Å². The first-order chi connectivity index (χ1) is 12.0. The molecule has 0 atom stereocenters. The lowest BCUT2D eigenvalue weighted by molar-refractivity contribution is -0.132. The van der Waals surface area contributed by atoms with E-state index >= 15 is 0 Å². The first-order valence-corrected chi connectivity index (χ1v) is 8.61. The van der Waals surface area contributed by atoms with Crippen molar-refractivity contribution < 1.29 is 13.9 Å². The van der Waals surface area contributed by atoms with Crippen LogP contribution in [0.4, 0.5) is 0 Å². The van der Waals surface area contributed by atoms with Crippen molar-refractivity contribution in [3.63, 3.8) is 0 Å². The zero-order valence-corrected chi connectivity index (χ0v) is 15.1. The van der Waals surface area contributed by atoms with Gasteiger partial charge < -0.3 is 14.1 Å². The maximum absolute atomic E-state index is 12.5. The third-order valence-corrected chi connectivity index (χ3v) is 4.67. The van der Waals surface area contributed by atoms with Gasteiger partial charge in [-0.2, -0.15) is 0 Å². The molecule has 1 aliphatic heterocycles. The zero-order chi connectivity index (χ0) is 17.8. The number of carbonyl (C=O) groups excluding carboxylic acids is 1. The number of methoxy groups -OCH3 is 1. The fourth-order valence-corrected chi connectivity index (χ4v) is 2.98. The Balaban J connectivity index is 1.48. The number of nitrogens with zero attached hydrogens (tertiary/aromatic N) is 3. The highest BCUT2D eigenvalue weighted by atomic mass is 16.5. The van der Waals surface area contributed by atoms with Crippen molar-refractivity contribution in [1.82, 2.24) is 14.8 Å². The normalized spacial score (nSPS) is 15.4. The lowest BCUT2D eigenvalue weighted by atomic mass is 10.1. The highest BCUT2D eigenvalue weighted by Gasteiger charge is 2.22. The van der Waals surface area contributed by atoms with E-state index in [1.165, 1.54) is 0 Å². The van der Waals surface area contributed by atoms with E-state index in [9.17, 15) is 4.79 Å². The van der Waals surface area contributed by atoms with Gasteiger partial charge in [0, 0.05) is 26.2 Å². The number of ether oxygens (including phenoxy) is 1. The van der Waals surface area contributed by atoms with Gasteiger partial charge in [0.25, 0.3) is 0 Å². The predicted octanol–water partition coefficient (Wildman–Crippen LogP) is 2.19. The molecule has 0 aliphatic carbocycles. The van der Waals surface area contributed by atoms with Gasteiger partial charge in [0.15, 0.2) is 0 Å². The molecule has 0 radical (unpaired) electrons. The Hall–Kier alpha value is -2.34. The standard InChI is InChI=1S/C19H25N3O3/c1-14-15(2)25-18(20-14)13-21-8-10-22(11-9-21)19(23)12-16-4-6-17(24-3)7-5-16/h4-7H,8-13H2,1-3H3. The molecule has 1 aliphatic rings. The molecule has 6 heteroatoms. The van der Waals surface area contributed by atoms with Crippen LogP contribution in [0.3, 0.4) is 0 Å². The van der Waals surface area contributed by atoms with Crippen molar-refractivity contribution in [2.45, 2.75) is 26.8 Å². The van der Waals surface area contributed by atoms with E-state index in [0.29, 0.717) is 13.0 Å². The van der Waals surface area contributed by atoms with E-state index in [2.05, 4.69) is 9.88 Å². The number of aromatic nitrogens is 1. The van der Waals surface area contributed by atoms with Crippen LogP contribution in [-0.4, -0.2) is 54.0 Å². The molecule has 1 aromatic heterocycles. The fourth-order valence-electron chi connectivity index (χ4n) is 2.98. The zero-order valence-electron chi connectivity index (χ0n) is 15.1. The number of benzene rings is 1. The average molecular weight is 343 g/mol. The number of piperazine rings is 1. The highest BCUT2D eigenvalue weighted by molar-refractivity contribution is 5.78. The Morgan fingerprint density at radius 1 is 1.16 bits per heavy atom. The molecule has 1 aromatic carbocycles. The van der Waals surface area contributed by atoms with Crippen LogP contribution in [0.25, 0.3) is 0 Å². The van der Waals surface area contributed by atoms with E-state index in [1.807, 2.05) is 43.0 Å². The van der Waals surface area contributed by atoms with Crippen LogP contribution in [0.15, 0.2) is 28.7 Å². The molecule has 3 rings (SSSR count). The van der Waals surface area contributed by atoms with Gasteiger partial charge in [-0.25, -0.2) is 4.98 Å². The van der Waals surface area contributed by atoms with Crippen LogP contribution >= 0.6 is 0 Å². The summed E-state index contributed by atoms with van der Waals surface area (Å²) >= 11 is 0. The Kier molecular flexibility index (Phi) is 5.38. The minimum Gasteiger partial charge on any atom is -0.497 e. The number of hydrogen-bond donors (Lipinski definition) is 0. The predicted molar refractivity (Wildman–Crippen MR) is 94.5 cm³/mol. The van der Waals surface area contributed by atoms with Crippen molar-refractivity contribution in [1.29, 1.82) is 0 Å². The second-order valence-electron chi connectivity index (χ2n) is 6.43. The van der Waals surface area contributed by atoms with E-state index < -0.39 is 0 Å². The third kappa shape index (κ3) is 4.39. The van der Waals surface area contributed by atoms with Gasteiger partial charge in [0.1, 0.15) is 11.5 Å². The largest absolute Gasteiger partial charge is 0.497 e. The van der Waals surface area contributed by atoms with E-state index in [1.54, 1.807) is 7.11 Å². The molecular formula is C19H25N3O3. The van der Waals surface area contributed by atoms with E-state index in [0.717, 1.165) is 54.8 Å². The minimum atomic E-state index is 0.174. The Bertz CT molecular complexity index is 697. The second-order valence-corrected chi connectivity index (χ2v) is 6.43. The molecule has 1 fully saturated rings. The van der Waals surface area contributed by atoms with Crippen molar-refractivity contribution >= 4 is 5.91 Å². The number of carbonyl (C=O) groups is 1. The fraction of sp³-hybridized carbons (Fsp3) is 0.474. The van der Waals surface area contributed by atoms with Gasteiger partial charge in [0.05, 0.1) is 25.8 Å². The number of amides is 1. The maximum Gasteiger partial charge on any atom is 0.227 e. The molecule has 1 saturated heterocycles. The summed E-state index contributed by atoms with van der Waals surface area (Å²) in [4.78, 5) is 21.1. The molecule has 2 aromatic rings. The summed E-state index contributed by atoms with van der Waals surface area (Å²) in [6.45, 7) is 7.76. The molecule has 1 amide bonds. The van der Waals surface area contributed by atoms with Crippen LogP contribution in [0.2, 0.25) is 0 Å². The Labute approximate surface area is 148 Å². The smallest absolute Gasteiger partial charge is 0.227 e. The van der Waals surface area contributed by atoms with Crippen LogP contribution < -0.4 is 4.74 Å². The van der Waals surface area contributed by atoms with E-state index in [4.69, 9.17) is 9.15 Å². The van der Waals surface area contributed by atoms with Crippen molar-refractivity contribution in [3.8, 4) is 5.75 Å². The number of aryl methyl sites for hydroxylation is 2. The van der Waals surface area contributed by atoms with Crippen molar-refractivity contribution in [2.75, 3.05) is 33.3 Å². The van der Waals surface area contributed by atoms with Gasteiger partial charge >= 0.3 is 0 Å². The Morgan fingerprint density at radius 2 is 1.84 bits per heavy atom. The van der Waals surface area contributed by atoms with E-state index in [-0.39, 0.29) is 5.91 Å². The molecule has 0 spiro atoms. The summed E-state index contributed by atoms with van der Waals surface area (Å²) in [6.07, 6.45) is 0.433. The van der Waals surface area contributed by atoms with Gasteiger partial charge in [0.2, 0.25) is 11.8 Å². The monoisotopic (exact) mass is 343 g/mol. The summed E-state index contributed by atoms with van der Waals surface area (Å²) in [6, 6.07) is 7.67. The van der Waals surface area contributed by atoms with Crippen molar-refractivity contribution in [2.24, 2.45) is 0 Å². The van der Waals surface area contributed by atoms with Gasteiger partial charge in [-0.15, -0.1) is 0 Å². The Morgan fingerprint density at radius 3 is 2.40 bits per heavy atom. The van der Waals surface area contributed by atoms with Crippen LogP contribution in [0, 0.1) is 13.8 Å². The molecule has 134 valence electrons. The first-order valence-electron chi connectivity index (χ1n) is 8.61. The molecule has 25 heavy (non-hydrogen) atoms. The van der Waals surface area contributed by atoms with Crippen LogP contribution in [-0.2, 0) is 17.8 Å². The third-order valence-electron chi connectivity index (χ3n) is 4.67. The van der Waals surface area contributed by atoms with Gasteiger partial charge in [-0.3, -0.25) is 9.69 Å². The quantitative estimate of drug-likeness (QED) is 0.833. The molecular weight excluding hydrogens is 318 g/mol. The average Bonchev–Trinajstić information content (AvgIpc) is 2.93. The lowest BCUT2D eigenvalue weighted by Gasteiger charge is -2.34. The van der Waals surface area contributed by atoms with Crippen molar-refractivity contribution in [3.05, 3.63) is 47.2 Å². The topological polar surface area (TPSA) is 58.8 Å². The molecule has 0 unspecified atom stereocenters. The summed E-state index contributed by atoms with van der Waals surface area (Å²) < 4.78 is 10.8. The highest BCUT2D eigenvalue weighted by Crippen LogP contribution is 2.15. The molecule has 0 saturated carbocycles. The summed E-state index contributed by atoms with van der Waals surface area (Å²) in [7, 11) is 1.64. The van der Waals surface area contributed by atoms with Gasteiger partial charge in [-0.05, 0) is 31.5 Å². The minimum absolute atomic E-state index is 0.174. The summed E-state index contributed by atoms with van der Waals surface area (Å²) in [5, 5.41) is 0. The molecule has 0 bridgehead atoms. The lowest BCUT2D eigenvalue weighted by Crippen LogP contribution is -2.48. The first kappa shape index (κ1) is 17.5. The second kappa shape index (κ2) is 7.70. The van der Waals surface area contributed by atoms with Gasteiger partial charge in [-0.1, -0.05) is 12.1 Å². The number of oxazole rings is 1. The SMILES string of the molecule is COc1ccc(CC(=O)N2CCN(Cc3nc(C)c(C)o3)CC2)cc1. The maximum atomic E-state index is 12.5.